The van der Waals surface area contributed by atoms with Crippen molar-refractivity contribution in [1.29, 1.82) is 0 Å². The molecule has 1 amide bonds. The minimum absolute atomic E-state index is 0.313. The first-order chi connectivity index (χ1) is 7.60. The Morgan fingerprint density at radius 3 is 2.38 bits per heavy atom. The fourth-order valence-corrected chi connectivity index (χ4v) is 2.09. The van der Waals surface area contributed by atoms with Crippen molar-refractivity contribution < 1.29 is 9.90 Å². The van der Waals surface area contributed by atoms with Crippen LogP contribution in [0.1, 0.15) is 25.7 Å². The van der Waals surface area contributed by atoms with Crippen molar-refractivity contribution in [3.63, 3.8) is 0 Å². The first-order valence-electron chi connectivity index (χ1n) is 5.40. The Balaban J connectivity index is 2.04. The Bertz CT molecular complexity index is 383. The van der Waals surface area contributed by atoms with E-state index in [-0.39, 0.29) is 5.91 Å². The Labute approximate surface area is 99.4 Å². The molecule has 0 radical (unpaired) electrons. The van der Waals surface area contributed by atoms with Crippen LogP contribution < -0.4 is 5.32 Å². The van der Waals surface area contributed by atoms with Gasteiger partial charge < -0.3 is 10.4 Å². The molecule has 1 aromatic carbocycles. The van der Waals surface area contributed by atoms with Gasteiger partial charge in [0, 0.05) is 10.7 Å². The van der Waals surface area contributed by atoms with Crippen molar-refractivity contribution in [1.82, 2.24) is 0 Å². The van der Waals surface area contributed by atoms with Crippen molar-refractivity contribution in [2.24, 2.45) is 0 Å². The normalized spacial score (nSPS) is 18.4. The lowest BCUT2D eigenvalue weighted by molar-refractivity contribution is -0.133. The highest BCUT2D eigenvalue weighted by atomic mass is 35.5. The third kappa shape index (κ3) is 2.36. The fraction of sp³-hybridized carbons (Fsp3) is 0.417. The summed E-state index contributed by atoms with van der Waals surface area (Å²) >= 11 is 5.74. The number of hydrogen-bond acceptors (Lipinski definition) is 2. The molecule has 0 heterocycles. The van der Waals surface area contributed by atoms with Gasteiger partial charge in [-0.15, -0.1) is 0 Å². The average molecular weight is 240 g/mol. The number of hydrogen-bond donors (Lipinski definition) is 2. The van der Waals surface area contributed by atoms with E-state index in [1.165, 1.54) is 0 Å². The van der Waals surface area contributed by atoms with Crippen LogP contribution in [0.3, 0.4) is 0 Å². The molecule has 4 heteroatoms. The number of carbonyl (C=O) groups excluding carboxylic acids is 1. The average Bonchev–Trinajstić information content (AvgIpc) is 2.70. The number of halogens is 1. The zero-order chi connectivity index (χ0) is 11.6. The molecule has 1 aliphatic carbocycles. The highest BCUT2D eigenvalue weighted by molar-refractivity contribution is 6.30. The summed E-state index contributed by atoms with van der Waals surface area (Å²) in [7, 11) is 0. The van der Waals surface area contributed by atoms with Crippen LogP contribution in [0, 0.1) is 0 Å². The summed E-state index contributed by atoms with van der Waals surface area (Å²) in [6, 6.07) is 6.85. The van der Waals surface area contributed by atoms with Gasteiger partial charge in [0.15, 0.2) is 0 Å². The zero-order valence-electron chi connectivity index (χ0n) is 8.87. The minimum atomic E-state index is -1.18. The fourth-order valence-electron chi connectivity index (χ4n) is 1.97. The van der Waals surface area contributed by atoms with E-state index in [1.54, 1.807) is 24.3 Å². The molecular formula is C12H14ClNO2. The molecule has 0 atom stereocenters. The molecule has 16 heavy (non-hydrogen) atoms. The topological polar surface area (TPSA) is 49.3 Å². The van der Waals surface area contributed by atoms with Crippen molar-refractivity contribution in [2.45, 2.75) is 31.3 Å². The number of carbonyl (C=O) groups is 1. The monoisotopic (exact) mass is 239 g/mol. The van der Waals surface area contributed by atoms with E-state index in [1.807, 2.05) is 0 Å². The Hall–Kier alpha value is -1.06. The maximum Gasteiger partial charge on any atom is 0.256 e. The van der Waals surface area contributed by atoms with Crippen molar-refractivity contribution in [2.75, 3.05) is 5.32 Å². The van der Waals surface area contributed by atoms with Crippen LogP contribution in [-0.4, -0.2) is 16.6 Å². The van der Waals surface area contributed by atoms with Crippen LogP contribution >= 0.6 is 11.6 Å². The van der Waals surface area contributed by atoms with Crippen molar-refractivity contribution >= 4 is 23.2 Å². The number of anilines is 1. The van der Waals surface area contributed by atoms with E-state index in [2.05, 4.69) is 5.32 Å². The third-order valence-electron chi connectivity index (χ3n) is 2.96. The number of amides is 1. The molecule has 0 aromatic heterocycles. The molecule has 86 valence electrons. The first kappa shape index (κ1) is 11.4. The summed E-state index contributed by atoms with van der Waals surface area (Å²) in [6.07, 6.45) is 2.91. The second kappa shape index (κ2) is 4.44. The summed E-state index contributed by atoms with van der Waals surface area (Å²) in [5.41, 5.74) is -0.519. The van der Waals surface area contributed by atoms with E-state index >= 15 is 0 Å². The van der Waals surface area contributed by atoms with Gasteiger partial charge in [0.25, 0.3) is 5.91 Å². The second-order valence-corrected chi connectivity index (χ2v) is 4.64. The summed E-state index contributed by atoms with van der Waals surface area (Å²) in [6.45, 7) is 0. The van der Waals surface area contributed by atoms with Gasteiger partial charge in [-0.05, 0) is 49.9 Å². The van der Waals surface area contributed by atoms with Gasteiger partial charge in [-0.1, -0.05) is 11.6 Å². The van der Waals surface area contributed by atoms with Crippen LogP contribution in [0.25, 0.3) is 0 Å². The van der Waals surface area contributed by atoms with E-state index in [4.69, 9.17) is 11.6 Å². The van der Waals surface area contributed by atoms with Gasteiger partial charge >= 0.3 is 0 Å². The van der Waals surface area contributed by atoms with E-state index in [0.29, 0.717) is 23.6 Å². The molecular weight excluding hydrogens is 226 g/mol. The highest BCUT2D eigenvalue weighted by Crippen LogP contribution is 2.30. The second-order valence-electron chi connectivity index (χ2n) is 4.20. The number of benzene rings is 1. The lowest BCUT2D eigenvalue weighted by atomic mass is 10.0. The van der Waals surface area contributed by atoms with Gasteiger partial charge in [-0.3, -0.25) is 4.79 Å². The van der Waals surface area contributed by atoms with Gasteiger partial charge in [-0.25, -0.2) is 0 Å². The van der Waals surface area contributed by atoms with Gasteiger partial charge in [0.1, 0.15) is 5.60 Å². The van der Waals surface area contributed by atoms with Crippen LogP contribution in [0.4, 0.5) is 5.69 Å². The Kier molecular flexibility index (Phi) is 3.17. The standard InChI is InChI=1S/C12H14ClNO2/c13-9-3-5-10(6-4-9)14-11(15)12(16)7-1-2-8-12/h3-6,16H,1-2,7-8H2,(H,14,15). The Morgan fingerprint density at radius 1 is 1.25 bits per heavy atom. The van der Waals surface area contributed by atoms with Gasteiger partial charge in [0.05, 0.1) is 0 Å². The van der Waals surface area contributed by atoms with Crippen LogP contribution in [0.15, 0.2) is 24.3 Å². The predicted octanol–water partition coefficient (Wildman–Crippen LogP) is 2.58. The van der Waals surface area contributed by atoms with Crippen molar-refractivity contribution in [3.8, 4) is 0 Å². The molecule has 1 aromatic rings. The van der Waals surface area contributed by atoms with E-state index in [9.17, 15) is 9.90 Å². The highest BCUT2D eigenvalue weighted by Gasteiger charge is 2.38. The minimum Gasteiger partial charge on any atom is -0.380 e. The zero-order valence-corrected chi connectivity index (χ0v) is 9.63. The van der Waals surface area contributed by atoms with E-state index in [0.717, 1.165) is 12.8 Å². The maximum atomic E-state index is 11.8. The number of nitrogens with one attached hydrogen (secondary N) is 1. The maximum absolute atomic E-state index is 11.8. The molecule has 0 aliphatic heterocycles. The summed E-state index contributed by atoms with van der Waals surface area (Å²) in [5.74, 6) is -0.313. The lowest BCUT2D eigenvalue weighted by Gasteiger charge is -2.20. The Morgan fingerprint density at radius 2 is 1.81 bits per heavy atom. The summed E-state index contributed by atoms with van der Waals surface area (Å²) < 4.78 is 0. The molecule has 1 aliphatic rings. The molecule has 0 bridgehead atoms. The summed E-state index contributed by atoms with van der Waals surface area (Å²) in [4.78, 5) is 11.8. The molecule has 2 rings (SSSR count). The predicted molar refractivity (Wildman–Crippen MR) is 63.5 cm³/mol. The quantitative estimate of drug-likeness (QED) is 0.834. The smallest absolute Gasteiger partial charge is 0.256 e. The van der Waals surface area contributed by atoms with Crippen LogP contribution in [0.5, 0.6) is 0 Å². The van der Waals surface area contributed by atoms with Gasteiger partial charge in [-0.2, -0.15) is 0 Å². The number of aliphatic hydroxyl groups is 1. The molecule has 1 saturated carbocycles. The van der Waals surface area contributed by atoms with Gasteiger partial charge in [0.2, 0.25) is 0 Å². The molecule has 2 N–H and O–H groups in total. The molecule has 0 unspecified atom stereocenters. The largest absolute Gasteiger partial charge is 0.380 e. The van der Waals surface area contributed by atoms with Crippen LogP contribution in [0.2, 0.25) is 5.02 Å². The van der Waals surface area contributed by atoms with Crippen molar-refractivity contribution in [3.05, 3.63) is 29.3 Å². The van der Waals surface area contributed by atoms with Crippen LogP contribution in [-0.2, 0) is 4.79 Å². The SMILES string of the molecule is O=C(Nc1ccc(Cl)cc1)C1(O)CCCC1. The third-order valence-corrected chi connectivity index (χ3v) is 3.21. The first-order valence-corrected chi connectivity index (χ1v) is 5.77. The summed E-state index contributed by atoms with van der Waals surface area (Å²) in [5, 5.41) is 13.4. The molecule has 3 nitrogen and oxygen atoms in total. The van der Waals surface area contributed by atoms with E-state index < -0.39 is 5.60 Å². The molecule has 0 spiro atoms. The number of rotatable bonds is 2. The molecule has 0 saturated heterocycles. The molecule has 1 fully saturated rings. The lowest BCUT2D eigenvalue weighted by Crippen LogP contribution is -2.40.